The summed E-state index contributed by atoms with van der Waals surface area (Å²) >= 11 is 0. The van der Waals surface area contributed by atoms with Gasteiger partial charge < -0.3 is 25.4 Å². The molecule has 30 heavy (non-hydrogen) atoms. The van der Waals surface area contributed by atoms with Crippen molar-refractivity contribution in [1.82, 2.24) is 20.9 Å². The molecule has 0 heterocycles. The molecule has 0 bridgehead atoms. The summed E-state index contributed by atoms with van der Waals surface area (Å²) in [6.45, 7) is 11.3. The van der Waals surface area contributed by atoms with Crippen molar-refractivity contribution in [2.24, 2.45) is 0 Å². The maximum atomic E-state index is 12.3. The number of nitrogens with zero attached hydrogens (tertiary/aromatic N) is 1. The van der Waals surface area contributed by atoms with Crippen LogP contribution in [0.25, 0.3) is 0 Å². The zero-order valence-corrected chi connectivity index (χ0v) is 17.7. The van der Waals surface area contributed by atoms with Crippen molar-refractivity contribution in [1.29, 1.82) is 0 Å². The number of rotatable bonds is 12. The van der Waals surface area contributed by atoms with Gasteiger partial charge in [0, 0.05) is 31.2 Å². The summed E-state index contributed by atoms with van der Waals surface area (Å²) in [5.41, 5.74) is 0.411. The number of imide groups is 1. The van der Waals surface area contributed by atoms with E-state index in [4.69, 9.17) is 9.47 Å². The second-order valence-electron chi connectivity index (χ2n) is 6.28. The van der Waals surface area contributed by atoms with Crippen LogP contribution in [0.15, 0.2) is 24.3 Å². The third-order valence-corrected chi connectivity index (χ3v) is 3.35. The lowest BCUT2D eigenvalue weighted by atomic mass is 10.4. The van der Waals surface area contributed by atoms with E-state index in [-0.39, 0.29) is 49.9 Å². The molecule has 11 nitrogen and oxygen atoms in total. The number of carbonyl (C=O) groups is 5. The molecule has 0 aliphatic carbocycles. The number of amides is 5. The van der Waals surface area contributed by atoms with Crippen LogP contribution < -0.4 is 16.0 Å². The molecule has 0 aliphatic rings. The van der Waals surface area contributed by atoms with Crippen LogP contribution >= 0.6 is 0 Å². The smallest absolute Gasteiger partial charge is 0.333 e. The Morgan fingerprint density at radius 2 is 1.20 bits per heavy atom. The number of esters is 2. The molecular formula is C19H30N4O7. The van der Waals surface area contributed by atoms with Gasteiger partial charge in [-0.3, -0.25) is 4.79 Å². The Bertz CT molecular complexity index is 676. The van der Waals surface area contributed by atoms with Gasteiger partial charge in [-0.1, -0.05) is 13.2 Å². The molecule has 0 unspecified atom stereocenters. The first-order valence-corrected chi connectivity index (χ1v) is 9.29. The zero-order valence-electron chi connectivity index (χ0n) is 17.7. The van der Waals surface area contributed by atoms with Gasteiger partial charge in [0.2, 0.25) is 5.91 Å². The first kappa shape index (κ1) is 26.6. The number of urea groups is 2. The minimum atomic E-state index is -0.757. The van der Waals surface area contributed by atoms with Crippen LogP contribution in [0.4, 0.5) is 9.59 Å². The number of ether oxygens (including phenoxy) is 2. The average molecular weight is 426 g/mol. The maximum Gasteiger partial charge on any atom is 0.333 e. The monoisotopic (exact) mass is 426 g/mol. The number of nitrogens with one attached hydrogen (secondary N) is 3. The van der Waals surface area contributed by atoms with Crippen molar-refractivity contribution >= 4 is 29.9 Å². The molecule has 168 valence electrons. The van der Waals surface area contributed by atoms with Gasteiger partial charge in [0.1, 0.15) is 13.2 Å². The van der Waals surface area contributed by atoms with E-state index in [0.29, 0.717) is 13.0 Å². The van der Waals surface area contributed by atoms with Crippen LogP contribution in [0.5, 0.6) is 0 Å². The second-order valence-corrected chi connectivity index (χ2v) is 6.28. The van der Waals surface area contributed by atoms with E-state index in [1.54, 1.807) is 0 Å². The molecule has 0 rings (SSSR count). The Morgan fingerprint density at radius 1 is 0.733 bits per heavy atom. The molecule has 0 radical (unpaired) electrons. The van der Waals surface area contributed by atoms with Gasteiger partial charge >= 0.3 is 24.0 Å². The minimum Gasteiger partial charge on any atom is -0.460 e. The average Bonchev–Trinajstić information content (AvgIpc) is 2.66. The van der Waals surface area contributed by atoms with Crippen molar-refractivity contribution in [3.05, 3.63) is 24.3 Å². The molecule has 0 aromatic carbocycles. The molecule has 0 saturated carbocycles. The van der Waals surface area contributed by atoms with Crippen LogP contribution in [0.3, 0.4) is 0 Å². The van der Waals surface area contributed by atoms with Crippen LogP contribution in [0, 0.1) is 0 Å². The lowest BCUT2D eigenvalue weighted by molar-refractivity contribution is -0.139. The Hall–Kier alpha value is -3.37. The van der Waals surface area contributed by atoms with Crippen LogP contribution in [0.2, 0.25) is 0 Å². The standard InChI is InChI=1S/C19H30N4O7/c1-13(2)16(25)29-11-9-22-19(28)23(10-12-30-17(26)14(3)4)18(27)21-8-6-7-20-15(5)24/h1,3,6-12H2,2,4-5H3,(H,20,24)(H,21,27)(H,22,28). The van der Waals surface area contributed by atoms with E-state index in [0.717, 1.165) is 4.90 Å². The summed E-state index contributed by atoms with van der Waals surface area (Å²) in [6.07, 6.45) is 0.461. The van der Waals surface area contributed by atoms with E-state index < -0.39 is 24.0 Å². The highest BCUT2D eigenvalue weighted by Crippen LogP contribution is 1.97. The third kappa shape index (κ3) is 12.2. The third-order valence-electron chi connectivity index (χ3n) is 3.35. The van der Waals surface area contributed by atoms with Crippen molar-refractivity contribution in [2.45, 2.75) is 27.2 Å². The highest BCUT2D eigenvalue weighted by molar-refractivity contribution is 5.93. The fourth-order valence-electron chi connectivity index (χ4n) is 1.81. The highest BCUT2D eigenvalue weighted by atomic mass is 16.5. The molecule has 0 fully saturated rings. The normalized spacial score (nSPS) is 9.70. The van der Waals surface area contributed by atoms with Crippen LogP contribution in [0.1, 0.15) is 27.2 Å². The van der Waals surface area contributed by atoms with Crippen LogP contribution in [-0.2, 0) is 23.9 Å². The Morgan fingerprint density at radius 3 is 1.70 bits per heavy atom. The molecule has 0 aliphatic heterocycles. The molecule has 0 aromatic rings. The lowest BCUT2D eigenvalue weighted by Crippen LogP contribution is -2.50. The number of hydrogen-bond acceptors (Lipinski definition) is 7. The van der Waals surface area contributed by atoms with E-state index in [1.807, 2.05) is 0 Å². The van der Waals surface area contributed by atoms with E-state index in [1.165, 1.54) is 20.8 Å². The van der Waals surface area contributed by atoms with Crippen molar-refractivity contribution in [3.63, 3.8) is 0 Å². The molecule has 0 aromatic heterocycles. The predicted molar refractivity (Wildman–Crippen MR) is 108 cm³/mol. The first-order valence-electron chi connectivity index (χ1n) is 9.29. The topological polar surface area (TPSA) is 143 Å². The molecule has 0 spiro atoms. The fraction of sp³-hybridized carbons (Fsp3) is 0.526. The fourth-order valence-corrected chi connectivity index (χ4v) is 1.81. The maximum absolute atomic E-state index is 12.3. The summed E-state index contributed by atoms with van der Waals surface area (Å²) in [5, 5.41) is 7.56. The molecular weight excluding hydrogens is 396 g/mol. The second kappa shape index (κ2) is 14.6. The van der Waals surface area contributed by atoms with Gasteiger partial charge in [-0.25, -0.2) is 24.1 Å². The molecule has 3 N–H and O–H groups in total. The molecule has 5 amide bonds. The lowest BCUT2D eigenvalue weighted by Gasteiger charge is -2.21. The number of hydrogen-bond donors (Lipinski definition) is 3. The predicted octanol–water partition coefficient (Wildman–Crippen LogP) is 0.472. The largest absolute Gasteiger partial charge is 0.460 e. The van der Waals surface area contributed by atoms with Crippen molar-refractivity contribution in [3.8, 4) is 0 Å². The van der Waals surface area contributed by atoms with Crippen molar-refractivity contribution < 1.29 is 33.4 Å². The van der Waals surface area contributed by atoms with Gasteiger partial charge in [-0.05, 0) is 20.3 Å². The van der Waals surface area contributed by atoms with Gasteiger partial charge in [-0.15, -0.1) is 0 Å². The van der Waals surface area contributed by atoms with Gasteiger partial charge in [0.05, 0.1) is 13.1 Å². The summed E-state index contributed by atoms with van der Waals surface area (Å²) in [6, 6.07) is -1.47. The van der Waals surface area contributed by atoms with E-state index in [2.05, 4.69) is 29.1 Å². The van der Waals surface area contributed by atoms with E-state index >= 15 is 0 Å². The molecule has 0 atom stereocenters. The minimum absolute atomic E-state index is 0.0320. The van der Waals surface area contributed by atoms with Gasteiger partial charge in [-0.2, -0.15) is 0 Å². The van der Waals surface area contributed by atoms with E-state index in [9.17, 15) is 24.0 Å². The Labute approximate surface area is 175 Å². The summed E-state index contributed by atoms with van der Waals surface area (Å²) in [7, 11) is 0. The summed E-state index contributed by atoms with van der Waals surface area (Å²) in [5.74, 6) is -1.42. The number of carbonyl (C=O) groups excluding carboxylic acids is 5. The quantitative estimate of drug-likeness (QED) is 0.234. The summed E-state index contributed by atoms with van der Waals surface area (Å²) < 4.78 is 9.78. The molecule has 0 saturated heterocycles. The zero-order chi connectivity index (χ0) is 23.1. The Kier molecular flexibility index (Phi) is 13.0. The SMILES string of the molecule is C=C(C)C(=O)OCCNC(=O)N(CCOC(=O)C(=C)C)C(=O)NCCCNC(C)=O. The van der Waals surface area contributed by atoms with Gasteiger partial charge in [0.15, 0.2) is 0 Å². The van der Waals surface area contributed by atoms with Crippen molar-refractivity contribution in [2.75, 3.05) is 39.4 Å². The van der Waals surface area contributed by atoms with Gasteiger partial charge in [0.25, 0.3) is 0 Å². The Balaban J connectivity index is 4.65. The van der Waals surface area contributed by atoms with Crippen LogP contribution in [-0.4, -0.2) is 74.2 Å². The highest BCUT2D eigenvalue weighted by Gasteiger charge is 2.21. The molecule has 11 heteroatoms. The first-order chi connectivity index (χ1) is 14.1. The summed E-state index contributed by atoms with van der Waals surface area (Å²) in [4.78, 5) is 59.1.